The van der Waals surface area contributed by atoms with Crippen molar-refractivity contribution in [1.29, 1.82) is 0 Å². The molecule has 2 saturated carbocycles. The van der Waals surface area contributed by atoms with Crippen LogP contribution in [0.3, 0.4) is 0 Å². The highest BCUT2D eigenvalue weighted by Gasteiger charge is 2.30. The lowest BCUT2D eigenvalue weighted by Crippen LogP contribution is -2.25. The molecule has 2 aromatic rings. The molecule has 2 aliphatic rings. The Kier molecular flexibility index (Phi) is 8.60. The Bertz CT molecular complexity index is 982. The summed E-state index contributed by atoms with van der Waals surface area (Å²) in [5, 5.41) is 0.00303. The van der Waals surface area contributed by atoms with Crippen molar-refractivity contribution in [2.75, 3.05) is 6.61 Å². The third kappa shape index (κ3) is 5.63. The van der Waals surface area contributed by atoms with Crippen molar-refractivity contribution in [3.8, 4) is 5.75 Å². The number of hydrogen-bond donors (Lipinski definition) is 0. The lowest BCUT2D eigenvalue weighted by atomic mass is 9.68. The first kappa shape index (κ1) is 25.1. The highest BCUT2D eigenvalue weighted by molar-refractivity contribution is 5.87. The van der Waals surface area contributed by atoms with Crippen LogP contribution in [0.4, 0.5) is 13.2 Å². The summed E-state index contributed by atoms with van der Waals surface area (Å²) >= 11 is 0. The predicted molar refractivity (Wildman–Crippen MR) is 134 cm³/mol. The summed E-state index contributed by atoms with van der Waals surface area (Å²) in [7, 11) is 0. The van der Waals surface area contributed by atoms with E-state index in [1.165, 1.54) is 69.9 Å². The molecule has 0 unspecified atom stereocenters. The maximum Gasteiger partial charge on any atom is 0.175 e. The van der Waals surface area contributed by atoms with E-state index in [2.05, 4.69) is 6.92 Å². The van der Waals surface area contributed by atoms with Crippen molar-refractivity contribution < 1.29 is 17.9 Å². The maximum absolute atomic E-state index is 14.8. The Morgan fingerprint density at radius 2 is 1.53 bits per heavy atom. The Balaban J connectivity index is 1.36. The second kappa shape index (κ2) is 11.6. The van der Waals surface area contributed by atoms with Gasteiger partial charge in [0.15, 0.2) is 23.2 Å². The highest BCUT2D eigenvalue weighted by atomic mass is 19.2. The fourth-order valence-electron chi connectivity index (χ4n) is 6.26. The topological polar surface area (TPSA) is 9.23 Å². The van der Waals surface area contributed by atoms with Gasteiger partial charge in [-0.15, -0.1) is 0 Å². The quantitative estimate of drug-likeness (QED) is 0.372. The lowest BCUT2D eigenvalue weighted by Gasteiger charge is -2.37. The van der Waals surface area contributed by atoms with E-state index in [1.54, 1.807) is 19.1 Å². The fourth-order valence-corrected chi connectivity index (χ4v) is 6.26. The van der Waals surface area contributed by atoms with E-state index in [0.717, 1.165) is 30.6 Å². The molecule has 0 saturated heterocycles. The molecule has 4 rings (SSSR count). The van der Waals surface area contributed by atoms with Gasteiger partial charge in [-0.05, 0) is 86.6 Å². The van der Waals surface area contributed by atoms with Crippen molar-refractivity contribution in [2.45, 2.75) is 84.5 Å². The van der Waals surface area contributed by atoms with Gasteiger partial charge in [-0.25, -0.2) is 13.2 Å². The number of ether oxygens (including phenoxy) is 1. The van der Waals surface area contributed by atoms with Crippen molar-refractivity contribution in [3.05, 3.63) is 47.3 Å². The van der Waals surface area contributed by atoms with Crippen LogP contribution in [0.5, 0.6) is 5.75 Å². The van der Waals surface area contributed by atoms with Gasteiger partial charge in [0.25, 0.3) is 0 Å². The maximum atomic E-state index is 14.8. The fraction of sp³-hybridized carbons (Fsp3) is 0.600. The highest BCUT2D eigenvalue weighted by Crippen LogP contribution is 2.42. The van der Waals surface area contributed by atoms with Crippen LogP contribution in [0.2, 0.25) is 0 Å². The Hall–Kier alpha value is -1.97. The van der Waals surface area contributed by atoms with Gasteiger partial charge in [0.1, 0.15) is 0 Å². The monoisotopic (exact) mass is 472 g/mol. The average Bonchev–Trinajstić information content (AvgIpc) is 2.86. The van der Waals surface area contributed by atoms with E-state index < -0.39 is 17.5 Å². The molecule has 2 aromatic carbocycles. The smallest absolute Gasteiger partial charge is 0.175 e. The van der Waals surface area contributed by atoms with Gasteiger partial charge in [-0.2, -0.15) is 0 Å². The molecule has 0 aliphatic heterocycles. The van der Waals surface area contributed by atoms with Gasteiger partial charge in [0.2, 0.25) is 0 Å². The third-order valence-electron chi connectivity index (χ3n) is 8.30. The van der Waals surface area contributed by atoms with E-state index in [4.69, 9.17) is 4.74 Å². The zero-order chi connectivity index (χ0) is 24.1. The summed E-state index contributed by atoms with van der Waals surface area (Å²) < 4.78 is 49.3. The number of rotatable bonds is 8. The van der Waals surface area contributed by atoms with Crippen LogP contribution in [-0.2, 0) is 0 Å². The third-order valence-corrected chi connectivity index (χ3v) is 8.30. The summed E-state index contributed by atoms with van der Waals surface area (Å²) in [6.07, 6.45) is 18.1. The molecule has 2 fully saturated rings. The van der Waals surface area contributed by atoms with E-state index in [1.807, 2.05) is 6.08 Å². The van der Waals surface area contributed by atoms with E-state index in [9.17, 15) is 13.2 Å². The van der Waals surface area contributed by atoms with Crippen LogP contribution < -0.4 is 4.74 Å². The minimum atomic E-state index is -1.14. The molecule has 0 atom stereocenters. The number of allylic oxidation sites excluding steroid dienone is 1. The molecular formula is C30H39F3O. The second-order valence-corrected chi connectivity index (χ2v) is 10.5. The van der Waals surface area contributed by atoms with Gasteiger partial charge in [-0.3, -0.25) is 0 Å². The summed E-state index contributed by atoms with van der Waals surface area (Å²) in [4.78, 5) is 0. The molecule has 0 radical (unpaired) electrons. The Morgan fingerprint density at radius 1 is 0.853 bits per heavy atom. The molecule has 186 valence electrons. The largest absolute Gasteiger partial charge is 0.491 e. The zero-order valence-electron chi connectivity index (χ0n) is 20.7. The van der Waals surface area contributed by atoms with Gasteiger partial charge >= 0.3 is 0 Å². The molecule has 34 heavy (non-hydrogen) atoms. The number of fused-ring (bicyclic) bond motifs is 1. The molecule has 0 bridgehead atoms. The number of unbranched alkanes of at least 4 members (excludes halogenated alkanes) is 1. The normalized spacial score (nSPS) is 25.8. The Labute approximate surface area is 202 Å². The lowest BCUT2D eigenvalue weighted by molar-refractivity contribution is 0.152. The second-order valence-electron chi connectivity index (χ2n) is 10.5. The Morgan fingerprint density at radius 3 is 2.18 bits per heavy atom. The van der Waals surface area contributed by atoms with E-state index >= 15 is 0 Å². The van der Waals surface area contributed by atoms with Gasteiger partial charge in [0, 0.05) is 5.56 Å². The molecular weight excluding hydrogens is 433 g/mol. The summed E-state index contributed by atoms with van der Waals surface area (Å²) in [6.45, 7) is 4.26. The van der Waals surface area contributed by atoms with Crippen molar-refractivity contribution >= 4 is 16.8 Å². The van der Waals surface area contributed by atoms with Crippen LogP contribution >= 0.6 is 0 Å². The van der Waals surface area contributed by atoms with E-state index in [0.29, 0.717) is 11.3 Å². The first-order valence-electron chi connectivity index (χ1n) is 13.4. The minimum Gasteiger partial charge on any atom is -0.491 e. The van der Waals surface area contributed by atoms with Crippen LogP contribution in [-0.4, -0.2) is 6.61 Å². The molecule has 0 amide bonds. The van der Waals surface area contributed by atoms with Crippen LogP contribution in [0.1, 0.15) is 90.0 Å². The number of halogens is 3. The first-order chi connectivity index (χ1) is 16.5. The average molecular weight is 473 g/mol. The molecule has 0 aromatic heterocycles. The molecule has 1 nitrogen and oxygen atoms in total. The van der Waals surface area contributed by atoms with Gasteiger partial charge < -0.3 is 4.74 Å². The van der Waals surface area contributed by atoms with Crippen LogP contribution in [0.25, 0.3) is 16.8 Å². The van der Waals surface area contributed by atoms with Crippen LogP contribution in [0.15, 0.2) is 24.3 Å². The summed E-state index contributed by atoms with van der Waals surface area (Å²) in [5.41, 5.74) is 0.182. The number of hydrogen-bond acceptors (Lipinski definition) is 1. The SMILES string of the molecule is CCCC[C@H]1CC[C@H]([C@H]2CC[C@H](C=Cc3cc4ccc(OCC)c(F)c4c(F)c3F)CC2)CC1. The van der Waals surface area contributed by atoms with Crippen molar-refractivity contribution in [2.24, 2.45) is 23.7 Å². The van der Waals surface area contributed by atoms with Crippen molar-refractivity contribution in [3.63, 3.8) is 0 Å². The van der Waals surface area contributed by atoms with Crippen LogP contribution in [0, 0.1) is 41.1 Å². The molecule has 2 aliphatic carbocycles. The molecule has 0 N–H and O–H groups in total. The first-order valence-corrected chi connectivity index (χ1v) is 13.4. The van der Waals surface area contributed by atoms with E-state index in [-0.39, 0.29) is 23.3 Å². The zero-order valence-corrected chi connectivity index (χ0v) is 20.7. The van der Waals surface area contributed by atoms with Crippen molar-refractivity contribution in [1.82, 2.24) is 0 Å². The molecule has 4 heteroatoms. The summed E-state index contributed by atoms with van der Waals surface area (Å²) in [6, 6.07) is 4.60. The van der Waals surface area contributed by atoms with Gasteiger partial charge in [-0.1, -0.05) is 57.2 Å². The molecule has 0 heterocycles. The summed E-state index contributed by atoms with van der Waals surface area (Å²) in [5.74, 6) is 0.0193. The minimum absolute atomic E-state index is 0.0530. The van der Waals surface area contributed by atoms with Gasteiger partial charge in [0.05, 0.1) is 12.0 Å². The molecule has 0 spiro atoms. The predicted octanol–water partition coefficient (Wildman–Crippen LogP) is 9.47. The number of benzene rings is 2. The standard InChI is InChI=1S/C30H39F3O/c1-3-5-6-20-7-12-22(13-8-20)23-14-9-21(10-15-23)11-16-25-19-24-17-18-26(34-4-2)29(32)27(24)30(33)28(25)31/h11,16-23H,3-10,12-15H2,1-2H3/t20-,21-,22-,23-.